The molecule has 0 heterocycles. The maximum absolute atomic E-state index is 13.3. The summed E-state index contributed by atoms with van der Waals surface area (Å²) in [5, 5.41) is 17.2. The average molecular weight is 194 g/mol. The van der Waals surface area contributed by atoms with Gasteiger partial charge in [-0.25, -0.2) is 9.18 Å². The standard InChI is InChI=1S/C9H7FN2O2/c10-8-6(4-12)1-5(3-11)2-7(8)9(13)14/h1-2H,4,12H2,(H,13,14). The lowest BCUT2D eigenvalue weighted by atomic mass is 10.1. The van der Waals surface area contributed by atoms with E-state index in [-0.39, 0.29) is 17.7 Å². The molecule has 14 heavy (non-hydrogen) atoms. The Labute approximate surface area is 79.4 Å². The molecule has 0 atom stereocenters. The summed E-state index contributed by atoms with van der Waals surface area (Å²) in [5.41, 5.74) is 4.79. The Hall–Kier alpha value is -1.93. The summed E-state index contributed by atoms with van der Waals surface area (Å²) in [7, 11) is 0. The number of carbonyl (C=O) groups is 1. The van der Waals surface area contributed by atoms with E-state index < -0.39 is 17.3 Å². The molecule has 1 rings (SSSR count). The Kier molecular flexibility index (Phi) is 2.79. The van der Waals surface area contributed by atoms with Crippen molar-refractivity contribution in [3.63, 3.8) is 0 Å². The molecule has 0 fully saturated rings. The summed E-state index contributed by atoms with van der Waals surface area (Å²) < 4.78 is 13.3. The van der Waals surface area contributed by atoms with Gasteiger partial charge in [-0.15, -0.1) is 0 Å². The first-order valence-electron chi connectivity index (χ1n) is 3.76. The molecule has 1 aromatic rings. The van der Waals surface area contributed by atoms with Crippen LogP contribution in [0.5, 0.6) is 0 Å². The highest BCUT2D eigenvalue weighted by Crippen LogP contribution is 2.15. The molecular formula is C9H7FN2O2. The quantitative estimate of drug-likeness (QED) is 0.730. The molecule has 5 heteroatoms. The molecular weight excluding hydrogens is 187 g/mol. The van der Waals surface area contributed by atoms with Gasteiger partial charge in [-0.3, -0.25) is 0 Å². The van der Waals surface area contributed by atoms with Crippen molar-refractivity contribution < 1.29 is 14.3 Å². The number of nitrogens with two attached hydrogens (primary N) is 1. The molecule has 72 valence electrons. The number of carboxylic acid groups (broad SMARTS) is 1. The second-order valence-corrected chi connectivity index (χ2v) is 2.62. The van der Waals surface area contributed by atoms with Crippen LogP contribution in [0.3, 0.4) is 0 Å². The summed E-state index contributed by atoms with van der Waals surface area (Å²) in [5.74, 6) is -2.28. The van der Waals surface area contributed by atoms with Crippen LogP contribution in [0.2, 0.25) is 0 Å². The molecule has 0 amide bonds. The lowest BCUT2D eigenvalue weighted by Crippen LogP contribution is -2.08. The Morgan fingerprint density at radius 1 is 1.64 bits per heavy atom. The van der Waals surface area contributed by atoms with Crippen molar-refractivity contribution in [3.8, 4) is 6.07 Å². The molecule has 0 bridgehead atoms. The Morgan fingerprint density at radius 3 is 2.71 bits per heavy atom. The summed E-state index contributed by atoms with van der Waals surface area (Å²) in [6, 6.07) is 3.96. The first-order valence-corrected chi connectivity index (χ1v) is 3.76. The number of nitriles is 1. The second-order valence-electron chi connectivity index (χ2n) is 2.62. The van der Waals surface area contributed by atoms with E-state index in [0.29, 0.717) is 0 Å². The third kappa shape index (κ3) is 1.70. The highest BCUT2D eigenvalue weighted by atomic mass is 19.1. The van der Waals surface area contributed by atoms with Crippen molar-refractivity contribution >= 4 is 5.97 Å². The topological polar surface area (TPSA) is 87.1 Å². The Bertz CT molecular complexity index is 424. The van der Waals surface area contributed by atoms with Crippen LogP contribution >= 0.6 is 0 Å². The maximum atomic E-state index is 13.3. The third-order valence-corrected chi connectivity index (χ3v) is 1.73. The van der Waals surface area contributed by atoms with E-state index in [2.05, 4.69) is 0 Å². The van der Waals surface area contributed by atoms with E-state index in [1.165, 1.54) is 6.07 Å². The van der Waals surface area contributed by atoms with Crippen LogP contribution in [0, 0.1) is 17.1 Å². The normalized spacial score (nSPS) is 9.50. The van der Waals surface area contributed by atoms with E-state index in [1.54, 1.807) is 6.07 Å². The minimum absolute atomic E-state index is 0.0291. The van der Waals surface area contributed by atoms with E-state index in [9.17, 15) is 9.18 Å². The van der Waals surface area contributed by atoms with Crippen LogP contribution in [0.15, 0.2) is 12.1 Å². The number of halogens is 1. The summed E-state index contributed by atoms with van der Waals surface area (Å²) >= 11 is 0. The largest absolute Gasteiger partial charge is 0.478 e. The zero-order valence-corrected chi connectivity index (χ0v) is 7.12. The number of rotatable bonds is 2. The highest BCUT2D eigenvalue weighted by Gasteiger charge is 2.15. The first-order chi connectivity index (χ1) is 6.60. The molecule has 0 saturated carbocycles. The van der Waals surface area contributed by atoms with Crippen molar-refractivity contribution in [2.45, 2.75) is 6.54 Å². The van der Waals surface area contributed by atoms with Gasteiger partial charge in [0.2, 0.25) is 0 Å². The van der Waals surface area contributed by atoms with Gasteiger partial charge in [-0.2, -0.15) is 5.26 Å². The summed E-state index contributed by atoms with van der Waals surface area (Å²) in [6.07, 6.45) is 0. The molecule has 0 aromatic heterocycles. The van der Waals surface area contributed by atoms with Gasteiger partial charge in [0.15, 0.2) is 0 Å². The van der Waals surface area contributed by atoms with Crippen molar-refractivity contribution in [2.75, 3.05) is 0 Å². The monoisotopic (exact) mass is 194 g/mol. The van der Waals surface area contributed by atoms with E-state index in [1.807, 2.05) is 0 Å². The lowest BCUT2D eigenvalue weighted by Gasteiger charge is -2.03. The van der Waals surface area contributed by atoms with Crippen LogP contribution in [-0.2, 0) is 6.54 Å². The molecule has 3 N–H and O–H groups in total. The second kappa shape index (κ2) is 3.85. The molecule has 4 nitrogen and oxygen atoms in total. The Morgan fingerprint density at radius 2 is 2.29 bits per heavy atom. The zero-order chi connectivity index (χ0) is 10.7. The summed E-state index contributed by atoms with van der Waals surface area (Å²) in [4.78, 5) is 10.6. The molecule has 0 aliphatic rings. The Balaban J connectivity index is 3.44. The van der Waals surface area contributed by atoms with Crippen LogP contribution in [-0.4, -0.2) is 11.1 Å². The fourth-order valence-corrected chi connectivity index (χ4v) is 1.05. The molecule has 0 radical (unpaired) electrons. The minimum atomic E-state index is -1.41. The maximum Gasteiger partial charge on any atom is 0.338 e. The van der Waals surface area contributed by atoms with Gasteiger partial charge >= 0.3 is 5.97 Å². The average Bonchev–Trinajstić information content (AvgIpc) is 2.17. The zero-order valence-electron chi connectivity index (χ0n) is 7.12. The predicted molar refractivity (Wildman–Crippen MR) is 46.0 cm³/mol. The lowest BCUT2D eigenvalue weighted by molar-refractivity contribution is 0.0691. The van der Waals surface area contributed by atoms with Gasteiger partial charge in [0, 0.05) is 12.1 Å². The van der Waals surface area contributed by atoms with E-state index in [4.69, 9.17) is 16.1 Å². The number of aromatic carboxylic acids is 1. The number of benzene rings is 1. The molecule has 0 aliphatic carbocycles. The first kappa shape index (κ1) is 10.2. The third-order valence-electron chi connectivity index (χ3n) is 1.73. The number of nitrogens with zero attached hydrogens (tertiary/aromatic N) is 1. The van der Waals surface area contributed by atoms with Crippen LogP contribution in [0.4, 0.5) is 4.39 Å². The predicted octanol–water partition coefficient (Wildman–Crippen LogP) is 0.854. The highest BCUT2D eigenvalue weighted by molar-refractivity contribution is 5.88. The number of hydrogen-bond donors (Lipinski definition) is 2. The SMILES string of the molecule is N#Cc1cc(CN)c(F)c(C(=O)O)c1. The van der Waals surface area contributed by atoms with Gasteiger partial charge in [0.1, 0.15) is 5.82 Å². The van der Waals surface area contributed by atoms with E-state index in [0.717, 1.165) is 6.07 Å². The van der Waals surface area contributed by atoms with Crippen molar-refractivity contribution in [2.24, 2.45) is 5.73 Å². The van der Waals surface area contributed by atoms with Gasteiger partial charge in [-0.05, 0) is 12.1 Å². The molecule has 0 spiro atoms. The number of carboxylic acids is 1. The fourth-order valence-electron chi connectivity index (χ4n) is 1.05. The van der Waals surface area contributed by atoms with Gasteiger partial charge < -0.3 is 10.8 Å². The molecule has 0 aliphatic heterocycles. The molecule has 0 unspecified atom stereocenters. The van der Waals surface area contributed by atoms with Gasteiger partial charge in [-0.1, -0.05) is 0 Å². The van der Waals surface area contributed by atoms with Crippen LogP contribution in [0.1, 0.15) is 21.5 Å². The smallest absolute Gasteiger partial charge is 0.338 e. The number of hydrogen-bond acceptors (Lipinski definition) is 3. The fraction of sp³-hybridized carbons (Fsp3) is 0.111. The van der Waals surface area contributed by atoms with Crippen LogP contribution < -0.4 is 5.73 Å². The summed E-state index contributed by atoms with van der Waals surface area (Å²) in [6.45, 7) is -0.137. The van der Waals surface area contributed by atoms with Crippen molar-refractivity contribution in [1.29, 1.82) is 5.26 Å². The van der Waals surface area contributed by atoms with Crippen molar-refractivity contribution in [1.82, 2.24) is 0 Å². The molecule has 0 saturated heterocycles. The molecule has 1 aromatic carbocycles. The van der Waals surface area contributed by atoms with Crippen LogP contribution in [0.25, 0.3) is 0 Å². The van der Waals surface area contributed by atoms with Gasteiger partial charge in [0.25, 0.3) is 0 Å². The van der Waals surface area contributed by atoms with E-state index >= 15 is 0 Å². The van der Waals surface area contributed by atoms with Gasteiger partial charge in [0.05, 0.1) is 17.2 Å². The van der Waals surface area contributed by atoms with Crippen molar-refractivity contribution in [3.05, 3.63) is 34.6 Å². The minimum Gasteiger partial charge on any atom is -0.478 e.